The fourth-order valence-electron chi connectivity index (χ4n) is 1.91. The predicted molar refractivity (Wildman–Crippen MR) is 70.0 cm³/mol. The van der Waals surface area contributed by atoms with Crippen molar-refractivity contribution < 1.29 is 18.7 Å². The van der Waals surface area contributed by atoms with Crippen LogP contribution in [0.2, 0.25) is 0 Å². The second-order valence-electron chi connectivity index (χ2n) is 4.34. The Morgan fingerprint density at radius 1 is 1.10 bits per heavy atom. The molecule has 1 atom stereocenters. The zero-order chi connectivity index (χ0) is 14.5. The Labute approximate surface area is 114 Å². The van der Waals surface area contributed by atoms with Gasteiger partial charge in [-0.15, -0.1) is 0 Å². The zero-order valence-electron chi connectivity index (χ0n) is 10.5. The molecule has 3 nitrogen and oxygen atoms in total. The Balaban J connectivity index is 2.17. The van der Waals surface area contributed by atoms with E-state index in [0.29, 0.717) is 6.07 Å². The average molecular weight is 277 g/mol. The van der Waals surface area contributed by atoms with Gasteiger partial charge in [0.2, 0.25) is 0 Å². The van der Waals surface area contributed by atoms with Gasteiger partial charge in [-0.3, -0.25) is 10.1 Å². The summed E-state index contributed by atoms with van der Waals surface area (Å²) in [5, 5.41) is 12.0. The number of carbonyl (C=O) groups is 1. The lowest BCUT2D eigenvalue weighted by Crippen LogP contribution is -2.28. The van der Waals surface area contributed by atoms with Gasteiger partial charge in [0.05, 0.1) is 0 Å². The third-order valence-electron chi connectivity index (χ3n) is 2.82. The van der Waals surface area contributed by atoms with Gasteiger partial charge in [0, 0.05) is 12.6 Å². The van der Waals surface area contributed by atoms with Crippen LogP contribution in [0.15, 0.2) is 48.5 Å². The normalized spacial score (nSPS) is 12.1. The number of halogens is 2. The largest absolute Gasteiger partial charge is 0.480 e. The van der Waals surface area contributed by atoms with Crippen LogP contribution in [-0.2, 0) is 11.3 Å². The van der Waals surface area contributed by atoms with Crippen molar-refractivity contribution in [2.75, 3.05) is 0 Å². The average Bonchev–Trinajstić information content (AvgIpc) is 2.38. The smallest absolute Gasteiger partial charge is 0.325 e. The molecule has 0 saturated heterocycles. The van der Waals surface area contributed by atoms with E-state index in [1.807, 2.05) is 30.3 Å². The molecule has 20 heavy (non-hydrogen) atoms. The molecular weight excluding hydrogens is 264 g/mol. The molecule has 2 rings (SSSR count). The number of hydrogen-bond acceptors (Lipinski definition) is 2. The Bertz CT molecular complexity index is 582. The summed E-state index contributed by atoms with van der Waals surface area (Å²) >= 11 is 0. The van der Waals surface area contributed by atoms with Crippen molar-refractivity contribution >= 4 is 5.97 Å². The van der Waals surface area contributed by atoms with Crippen LogP contribution < -0.4 is 5.32 Å². The maximum Gasteiger partial charge on any atom is 0.325 e. The number of rotatable bonds is 5. The third-order valence-corrected chi connectivity index (χ3v) is 2.82. The molecule has 0 aromatic heterocycles. The summed E-state index contributed by atoms with van der Waals surface area (Å²) in [4.78, 5) is 11.2. The van der Waals surface area contributed by atoms with E-state index in [1.165, 1.54) is 0 Å². The molecule has 0 bridgehead atoms. The highest BCUT2D eigenvalue weighted by molar-refractivity contribution is 5.75. The molecule has 2 aromatic carbocycles. The van der Waals surface area contributed by atoms with E-state index in [2.05, 4.69) is 5.32 Å². The first-order valence-corrected chi connectivity index (χ1v) is 6.02. The minimum Gasteiger partial charge on any atom is -0.480 e. The number of carboxylic acids is 1. The van der Waals surface area contributed by atoms with Crippen molar-refractivity contribution in [1.29, 1.82) is 0 Å². The van der Waals surface area contributed by atoms with E-state index in [-0.39, 0.29) is 12.1 Å². The maximum atomic E-state index is 13.2. The lowest BCUT2D eigenvalue weighted by molar-refractivity contribution is -0.139. The van der Waals surface area contributed by atoms with Gasteiger partial charge in [0.25, 0.3) is 0 Å². The maximum absolute atomic E-state index is 13.2. The van der Waals surface area contributed by atoms with Gasteiger partial charge < -0.3 is 5.11 Å². The zero-order valence-corrected chi connectivity index (χ0v) is 10.5. The number of aliphatic carboxylic acids is 1. The van der Waals surface area contributed by atoms with E-state index in [1.54, 1.807) is 0 Å². The van der Waals surface area contributed by atoms with Crippen LogP contribution in [0.5, 0.6) is 0 Å². The van der Waals surface area contributed by atoms with Crippen molar-refractivity contribution in [3.8, 4) is 0 Å². The minimum atomic E-state index is -1.19. The lowest BCUT2D eigenvalue weighted by Gasteiger charge is -2.15. The highest BCUT2D eigenvalue weighted by Gasteiger charge is 2.20. The van der Waals surface area contributed by atoms with Gasteiger partial charge in [-0.1, -0.05) is 30.3 Å². The number of nitrogens with one attached hydrogen (secondary N) is 1. The Kier molecular flexibility index (Phi) is 4.42. The van der Waals surface area contributed by atoms with Gasteiger partial charge in [0.15, 0.2) is 0 Å². The number of carboxylic acid groups (broad SMARTS) is 1. The van der Waals surface area contributed by atoms with Crippen LogP contribution >= 0.6 is 0 Å². The molecule has 0 heterocycles. The van der Waals surface area contributed by atoms with E-state index < -0.39 is 23.6 Å². The summed E-state index contributed by atoms with van der Waals surface area (Å²) in [5.74, 6) is -2.79. The monoisotopic (exact) mass is 277 g/mol. The van der Waals surface area contributed by atoms with Crippen molar-refractivity contribution in [3.05, 3.63) is 71.3 Å². The first kappa shape index (κ1) is 14.1. The fraction of sp³-hybridized carbons (Fsp3) is 0.133. The highest BCUT2D eigenvalue weighted by Crippen LogP contribution is 2.17. The highest BCUT2D eigenvalue weighted by atomic mass is 19.1. The Morgan fingerprint density at radius 2 is 1.70 bits per heavy atom. The SMILES string of the molecule is O=C(O)C(NCc1ccccc1)c1cc(F)cc(F)c1. The van der Waals surface area contributed by atoms with Gasteiger partial charge in [0.1, 0.15) is 17.7 Å². The van der Waals surface area contributed by atoms with Crippen LogP contribution in [0.25, 0.3) is 0 Å². The Morgan fingerprint density at radius 3 is 2.25 bits per heavy atom. The summed E-state index contributed by atoms with van der Waals surface area (Å²) in [6, 6.07) is 10.7. The summed E-state index contributed by atoms with van der Waals surface area (Å²) < 4.78 is 26.3. The van der Waals surface area contributed by atoms with Crippen molar-refractivity contribution in [2.45, 2.75) is 12.6 Å². The molecule has 0 radical (unpaired) electrons. The molecule has 0 aliphatic rings. The van der Waals surface area contributed by atoms with Gasteiger partial charge in [-0.05, 0) is 23.3 Å². The number of hydrogen-bond donors (Lipinski definition) is 2. The molecule has 2 aromatic rings. The van der Waals surface area contributed by atoms with E-state index in [9.17, 15) is 18.7 Å². The Hall–Kier alpha value is -2.27. The summed E-state index contributed by atoms with van der Waals surface area (Å²) in [5.41, 5.74) is 0.932. The molecular formula is C15H13F2NO2. The van der Waals surface area contributed by atoms with E-state index in [4.69, 9.17) is 0 Å². The predicted octanol–water partition coefficient (Wildman–Crippen LogP) is 2.88. The number of benzene rings is 2. The molecule has 0 aliphatic carbocycles. The first-order valence-electron chi connectivity index (χ1n) is 6.02. The molecule has 1 unspecified atom stereocenters. The molecule has 2 N–H and O–H groups in total. The van der Waals surface area contributed by atoms with E-state index in [0.717, 1.165) is 17.7 Å². The first-order chi connectivity index (χ1) is 9.56. The van der Waals surface area contributed by atoms with Crippen LogP contribution in [0, 0.1) is 11.6 Å². The lowest BCUT2D eigenvalue weighted by atomic mass is 10.1. The molecule has 5 heteroatoms. The van der Waals surface area contributed by atoms with Crippen molar-refractivity contribution in [1.82, 2.24) is 5.32 Å². The summed E-state index contributed by atoms with van der Waals surface area (Å²) in [6.45, 7) is 0.288. The van der Waals surface area contributed by atoms with Crippen LogP contribution in [0.3, 0.4) is 0 Å². The van der Waals surface area contributed by atoms with Crippen molar-refractivity contribution in [2.24, 2.45) is 0 Å². The standard InChI is InChI=1S/C15H13F2NO2/c16-12-6-11(7-13(17)8-12)14(15(19)20)18-9-10-4-2-1-3-5-10/h1-8,14,18H,9H2,(H,19,20). The van der Waals surface area contributed by atoms with E-state index >= 15 is 0 Å². The van der Waals surface area contributed by atoms with Gasteiger partial charge >= 0.3 is 5.97 Å². The molecule has 0 fully saturated rings. The molecule has 104 valence electrons. The minimum absolute atomic E-state index is 0.0472. The molecule has 0 spiro atoms. The second kappa shape index (κ2) is 6.25. The molecule has 0 saturated carbocycles. The second-order valence-corrected chi connectivity index (χ2v) is 4.34. The third kappa shape index (κ3) is 3.61. The molecule has 0 amide bonds. The summed E-state index contributed by atoms with van der Waals surface area (Å²) in [7, 11) is 0. The molecule has 0 aliphatic heterocycles. The summed E-state index contributed by atoms with van der Waals surface area (Å²) in [6.07, 6.45) is 0. The van der Waals surface area contributed by atoms with Crippen molar-refractivity contribution in [3.63, 3.8) is 0 Å². The van der Waals surface area contributed by atoms with Crippen LogP contribution in [0.1, 0.15) is 17.2 Å². The van der Waals surface area contributed by atoms with Crippen LogP contribution in [0.4, 0.5) is 8.78 Å². The fourth-order valence-corrected chi connectivity index (χ4v) is 1.91. The topological polar surface area (TPSA) is 49.3 Å². The van der Waals surface area contributed by atoms with Gasteiger partial charge in [-0.25, -0.2) is 8.78 Å². The van der Waals surface area contributed by atoms with Crippen LogP contribution in [-0.4, -0.2) is 11.1 Å². The van der Waals surface area contributed by atoms with Gasteiger partial charge in [-0.2, -0.15) is 0 Å². The quantitative estimate of drug-likeness (QED) is 0.883.